The number of rotatable bonds is 2. The highest BCUT2D eigenvalue weighted by molar-refractivity contribution is 5.48. The maximum Gasteiger partial charge on any atom is 0.416 e. The van der Waals surface area contributed by atoms with Gasteiger partial charge in [-0.05, 0) is 44.5 Å². The summed E-state index contributed by atoms with van der Waals surface area (Å²) < 4.78 is 43.2. The standard InChI is InChI=1S/C11H12F3N3O/c1-10(2,3)18-9-5-7(11(12,13)14)4-8(6-9)16-17-15/h4-6H,1-3H3. The quantitative estimate of drug-likeness (QED) is 0.426. The van der Waals surface area contributed by atoms with Crippen LogP contribution in [0.15, 0.2) is 23.3 Å². The molecule has 1 aromatic rings. The molecule has 98 valence electrons. The van der Waals surface area contributed by atoms with E-state index in [0.29, 0.717) is 0 Å². The molecule has 0 aromatic heterocycles. The Hall–Kier alpha value is -1.88. The number of benzene rings is 1. The maximum absolute atomic E-state index is 12.6. The molecule has 0 aliphatic heterocycles. The van der Waals surface area contributed by atoms with Gasteiger partial charge in [-0.1, -0.05) is 5.11 Å². The van der Waals surface area contributed by atoms with E-state index in [1.54, 1.807) is 20.8 Å². The van der Waals surface area contributed by atoms with Crippen LogP contribution >= 0.6 is 0 Å². The summed E-state index contributed by atoms with van der Waals surface area (Å²) in [7, 11) is 0. The Morgan fingerprint density at radius 1 is 1.17 bits per heavy atom. The first-order chi connectivity index (χ1) is 8.12. The molecule has 0 saturated heterocycles. The van der Waals surface area contributed by atoms with E-state index < -0.39 is 17.3 Å². The Morgan fingerprint density at radius 3 is 2.22 bits per heavy atom. The minimum atomic E-state index is -4.52. The van der Waals surface area contributed by atoms with Crippen LogP contribution in [0.4, 0.5) is 18.9 Å². The summed E-state index contributed by atoms with van der Waals surface area (Å²) in [6, 6.07) is 2.91. The van der Waals surface area contributed by atoms with Crippen LogP contribution in [0.2, 0.25) is 0 Å². The third kappa shape index (κ3) is 4.18. The van der Waals surface area contributed by atoms with Crippen molar-refractivity contribution in [3.05, 3.63) is 34.2 Å². The molecule has 0 atom stereocenters. The summed E-state index contributed by atoms with van der Waals surface area (Å²) in [6.07, 6.45) is -4.52. The van der Waals surface area contributed by atoms with Crippen molar-refractivity contribution in [3.8, 4) is 5.75 Å². The minimum Gasteiger partial charge on any atom is -0.488 e. The fraction of sp³-hybridized carbons (Fsp3) is 0.455. The number of halogens is 3. The smallest absolute Gasteiger partial charge is 0.416 e. The molecular formula is C11H12F3N3O. The van der Waals surface area contributed by atoms with Crippen molar-refractivity contribution in [2.45, 2.75) is 32.5 Å². The Balaban J connectivity index is 3.27. The van der Waals surface area contributed by atoms with Gasteiger partial charge >= 0.3 is 6.18 Å². The first-order valence-electron chi connectivity index (χ1n) is 5.08. The highest BCUT2D eigenvalue weighted by atomic mass is 19.4. The van der Waals surface area contributed by atoms with E-state index in [-0.39, 0.29) is 11.4 Å². The van der Waals surface area contributed by atoms with Crippen LogP contribution in [0.1, 0.15) is 26.3 Å². The van der Waals surface area contributed by atoms with E-state index >= 15 is 0 Å². The van der Waals surface area contributed by atoms with Crippen LogP contribution in [0.5, 0.6) is 5.75 Å². The van der Waals surface area contributed by atoms with E-state index in [1.807, 2.05) is 0 Å². The first-order valence-corrected chi connectivity index (χ1v) is 5.08. The van der Waals surface area contributed by atoms with E-state index in [9.17, 15) is 13.2 Å². The minimum absolute atomic E-state index is 0.0136. The molecule has 0 heterocycles. The lowest BCUT2D eigenvalue weighted by atomic mass is 10.1. The molecule has 0 fully saturated rings. The third-order valence-electron chi connectivity index (χ3n) is 1.80. The van der Waals surface area contributed by atoms with Crippen LogP contribution in [0.3, 0.4) is 0 Å². The van der Waals surface area contributed by atoms with Crippen molar-refractivity contribution in [2.24, 2.45) is 5.11 Å². The predicted octanol–water partition coefficient (Wildman–Crippen LogP) is 4.82. The molecule has 0 bridgehead atoms. The van der Waals surface area contributed by atoms with E-state index in [2.05, 4.69) is 10.0 Å². The van der Waals surface area contributed by atoms with Crippen LogP contribution in [-0.4, -0.2) is 5.60 Å². The second-order valence-electron chi connectivity index (χ2n) is 4.62. The number of azide groups is 1. The zero-order chi connectivity index (χ0) is 14.0. The van der Waals surface area contributed by atoms with Gasteiger partial charge in [-0.15, -0.1) is 0 Å². The fourth-order valence-corrected chi connectivity index (χ4v) is 1.27. The van der Waals surface area contributed by atoms with Gasteiger partial charge in [-0.2, -0.15) is 13.2 Å². The highest BCUT2D eigenvalue weighted by Crippen LogP contribution is 2.35. The lowest BCUT2D eigenvalue weighted by molar-refractivity contribution is -0.137. The van der Waals surface area contributed by atoms with Crippen LogP contribution in [0, 0.1) is 0 Å². The SMILES string of the molecule is CC(C)(C)Oc1cc(N=[N+]=[N-])cc(C(F)(F)F)c1. The Labute approximate surface area is 102 Å². The summed E-state index contributed by atoms with van der Waals surface area (Å²) in [5.41, 5.74) is 6.59. The van der Waals surface area contributed by atoms with Crippen molar-refractivity contribution in [3.63, 3.8) is 0 Å². The molecule has 0 aliphatic rings. The lowest BCUT2D eigenvalue weighted by Gasteiger charge is -2.22. The Bertz CT molecular complexity index is 485. The Morgan fingerprint density at radius 2 is 1.78 bits per heavy atom. The van der Waals surface area contributed by atoms with Gasteiger partial charge in [0.15, 0.2) is 0 Å². The second kappa shape index (κ2) is 4.78. The highest BCUT2D eigenvalue weighted by Gasteiger charge is 2.31. The van der Waals surface area contributed by atoms with Crippen LogP contribution < -0.4 is 4.74 Å². The van der Waals surface area contributed by atoms with Crippen molar-refractivity contribution < 1.29 is 17.9 Å². The fourth-order valence-electron chi connectivity index (χ4n) is 1.27. The monoisotopic (exact) mass is 259 g/mol. The van der Waals surface area contributed by atoms with E-state index in [0.717, 1.165) is 12.1 Å². The van der Waals surface area contributed by atoms with Crippen LogP contribution in [0.25, 0.3) is 10.4 Å². The number of ether oxygens (including phenoxy) is 1. The number of nitrogens with zero attached hydrogens (tertiary/aromatic N) is 3. The molecule has 18 heavy (non-hydrogen) atoms. The second-order valence-corrected chi connectivity index (χ2v) is 4.62. The normalized spacial score (nSPS) is 11.9. The van der Waals surface area contributed by atoms with Crippen LogP contribution in [-0.2, 0) is 6.18 Å². The molecule has 0 N–H and O–H groups in total. The first kappa shape index (κ1) is 14.2. The van der Waals surface area contributed by atoms with Crippen molar-refractivity contribution >= 4 is 5.69 Å². The van der Waals surface area contributed by atoms with Gasteiger partial charge in [-0.3, -0.25) is 0 Å². The summed E-state index contributed by atoms with van der Waals surface area (Å²) in [6.45, 7) is 5.13. The molecule has 4 nitrogen and oxygen atoms in total. The molecule has 0 unspecified atom stereocenters. The molecule has 0 radical (unpaired) electrons. The summed E-state index contributed by atoms with van der Waals surface area (Å²) in [5.74, 6) is 0.0136. The van der Waals surface area contributed by atoms with Crippen molar-refractivity contribution in [2.75, 3.05) is 0 Å². The van der Waals surface area contributed by atoms with Gasteiger partial charge < -0.3 is 4.74 Å². The lowest BCUT2D eigenvalue weighted by Crippen LogP contribution is -2.23. The van der Waals surface area contributed by atoms with Gasteiger partial charge in [0.1, 0.15) is 11.4 Å². The molecule has 0 aliphatic carbocycles. The van der Waals surface area contributed by atoms with Gasteiger partial charge in [0.25, 0.3) is 0 Å². The summed E-state index contributed by atoms with van der Waals surface area (Å²) in [5, 5.41) is 3.17. The number of hydrogen-bond donors (Lipinski definition) is 0. The summed E-state index contributed by atoms with van der Waals surface area (Å²) >= 11 is 0. The van der Waals surface area contributed by atoms with Gasteiger partial charge in [0.2, 0.25) is 0 Å². The van der Waals surface area contributed by atoms with Gasteiger partial charge in [0.05, 0.1) is 5.56 Å². The van der Waals surface area contributed by atoms with Gasteiger partial charge in [0, 0.05) is 10.6 Å². The molecular weight excluding hydrogens is 247 g/mol. The van der Waals surface area contributed by atoms with Crippen molar-refractivity contribution in [1.82, 2.24) is 0 Å². The largest absolute Gasteiger partial charge is 0.488 e. The molecule has 0 saturated carbocycles. The average Bonchev–Trinajstić information content (AvgIpc) is 2.13. The van der Waals surface area contributed by atoms with E-state index in [4.69, 9.17) is 10.3 Å². The zero-order valence-electron chi connectivity index (χ0n) is 10.1. The maximum atomic E-state index is 12.6. The zero-order valence-corrected chi connectivity index (χ0v) is 10.1. The molecule has 0 spiro atoms. The number of hydrogen-bond acceptors (Lipinski definition) is 2. The average molecular weight is 259 g/mol. The topological polar surface area (TPSA) is 58.0 Å². The molecule has 7 heteroatoms. The Kier molecular flexibility index (Phi) is 3.76. The molecule has 1 aromatic carbocycles. The van der Waals surface area contributed by atoms with E-state index in [1.165, 1.54) is 6.07 Å². The molecule has 1 rings (SSSR count). The number of alkyl halides is 3. The predicted molar refractivity (Wildman–Crippen MR) is 60.6 cm³/mol. The van der Waals surface area contributed by atoms with Crippen molar-refractivity contribution in [1.29, 1.82) is 0 Å². The summed E-state index contributed by atoms with van der Waals surface area (Å²) in [4.78, 5) is 2.47. The third-order valence-corrected chi connectivity index (χ3v) is 1.80. The van der Waals surface area contributed by atoms with Gasteiger partial charge in [-0.25, -0.2) is 0 Å². The molecule has 0 amide bonds.